The van der Waals surface area contributed by atoms with Gasteiger partial charge in [0.15, 0.2) is 0 Å². The van der Waals surface area contributed by atoms with Gasteiger partial charge in [-0.15, -0.1) is 32.9 Å². The second-order valence-corrected chi connectivity index (χ2v) is 18.8. The van der Waals surface area contributed by atoms with Gasteiger partial charge in [-0.2, -0.15) is 0 Å². The normalized spacial score (nSPS) is 18.0. The number of β-amino-alcohol motifs (C(OH)–C–C–N with tert-alkyl or cyclic N) is 1. The minimum absolute atomic E-state index is 0.0432. The first-order chi connectivity index (χ1) is 30.4. The number of thiazole rings is 1. The van der Waals surface area contributed by atoms with Crippen LogP contribution in [0.4, 0.5) is 5.95 Å². The molecule has 7 heterocycles. The third-order valence-corrected chi connectivity index (χ3v) is 14.7. The van der Waals surface area contributed by atoms with Crippen LogP contribution in [0.2, 0.25) is 0 Å². The zero-order chi connectivity index (χ0) is 43.9. The number of anilines is 1. The molecule has 4 atom stereocenters. The number of fused-ring (bicyclic) bond motifs is 1. The number of carbonyl (C=O) groups is 2. The van der Waals surface area contributed by atoms with E-state index in [0.29, 0.717) is 40.3 Å². The van der Waals surface area contributed by atoms with Gasteiger partial charge in [0.25, 0.3) is 0 Å². The summed E-state index contributed by atoms with van der Waals surface area (Å²) in [5.74, 6) is -0.0664. The van der Waals surface area contributed by atoms with E-state index in [0.717, 1.165) is 57.8 Å². The van der Waals surface area contributed by atoms with Gasteiger partial charge < -0.3 is 29.9 Å². The number of carbonyl (C=O) groups excluding carboxylic acids is 2. The third kappa shape index (κ3) is 8.42. The van der Waals surface area contributed by atoms with Crippen molar-refractivity contribution in [3.63, 3.8) is 0 Å². The first-order valence-electron chi connectivity index (χ1n) is 21.3. The SMILES string of the molecule is Cc1ncsc1-c1ccc([C@H](C)NC(=O)[C@@H]2C[C@@H](O)CN2C(=O)[C@@H](c2cc(-c3ccnc(N4CCC(c5sc6nnc(-c7ccccc7O)cc6c5C)CC4)n3)no2)C(C)C)cc1. The van der Waals surface area contributed by atoms with E-state index in [9.17, 15) is 19.8 Å². The molecule has 9 rings (SSSR count). The molecule has 0 bridgehead atoms. The summed E-state index contributed by atoms with van der Waals surface area (Å²) in [5, 5.41) is 38.6. The Labute approximate surface area is 373 Å². The van der Waals surface area contributed by atoms with E-state index in [1.807, 2.05) is 75.7 Å². The van der Waals surface area contributed by atoms with Gasteiger partial charge in [-0.25, -0.2) is 15.0 Å². The molecule has 5 aromatic heterocycles. The van der Waals surface area contributed by atoms with Crippen LogP contribution in [0.25, 0.3) is 43.3 Å². The standard InChI is InChI=1S/C47H49N9O5S2/c1-25(2)41(46(60)56-23-32(57)20-38(56)44(59)50-27(4)29-10-12-30(13-11-29)43-28(5)49-24-62-43)40-22-37(54-61-40)35-14-17-48-47(51-35)55-18-15-31(16-19-55)42-26(3)34-21-36(52-53-45(34)63-42)33-8-6-7-9-39(33)58/h6-14,17,21-22,24-25,27,31-32,38,41,57-58H,15-16,18-20,23H2,1-5H3,(H,50,59)/t27-,32+,38-,41+/m0/s1. The number of hydrogen-bond acceptors (Lipinski definition) is 14. The number of rotatable bonds is 11. The molecule has 7 aromatic rings. The summed E-state index contributed by atoms with van der Waals surface area (Å²) >= 11 is 3.28. The van der Waals surface area contributed by atoms with E-state index in [4.69, 9.17) is 9.51 Å². The van der Waals surface area contributed by atoms with Gasteiger partial charge in [0.2, 0.25) is 17.8 Å². The van der Waals surface area contributed by atoms with Gasteiger partial charge in [0.05, 0.1) is 39.6 Å². The van der Waals surface area contributed by atoms with Crippen LogP contribution in [0.3, 0.4) is 0 Å². The number of hydrogen-bond donors (Lipinski definition) is 3. The summed E-state index contributed by atoms with van der Waals surface area (Å²) < 4.78 is 5.88. The van der Waals surface area contributed by atoms with Crippen LogP contribution < -0.4 is 10.2 Å². The molecule has 2 aliphatic rings. The summed E-state index contributed by atoms with van der Waals surface area (Å²) in [5.41, 5.74) is 8.37. The predicted molar refractivity (Wildman–Crippen MR) is 244 cm³/mol. The monoisotopic (exact) mass is 883 g/mol. The van der Waals surface area contributed by atoms with E-state index in [1.165, 1.54) is 15.3 Å². The maximum Gasteiger partial charge on any atom is 0.243 e. The van der Waals surface area contributed by atoms with Crippen molar-refractivity contribution in [2.24, 2.45) is 5.92 Å². The Balaban J connectivity index is 0.855. The molecule has 0 radical (unpaired) electrons. The minimum atomic E-state index is -0.842. The van der Waals surface area contributed by atoms with E-state index in [1.54, 1.807) is 53.1 Å². The van der Waals surface area contributed by atoms with Gasteiger partial charge in [-0.05, 0) is 86.4 Å². The Morgan fingerprint density at radius 3 is 2.44 bits per heavy atom. The second-order valence-electron chi connectivity index (χ2n) is 16.9. The molecule has 63 heavy (non-hydrogen) atoms. The lowest BCUT2D eigenvalue weighted by molar-refractivity contribution is -0.141. The number of amides is 2. The Kier molecular flexibility index (Phi) is 11.8. The summed E-state index contributed by atoms with van der Waals surface area (Å²) in [6, 6.07) is 19.6. The van der Waals surface area contributed by atoms with Crippen LogP contribution in [0.5, 0.6) is 5.75 Å². The molecule has 0 saturated carbocycles. The molecule has 324 valence electrons. The highest BCUT2D eigenvalue weighted by molar-refractivity contribution is 7.19. The maximum absolute atomic E-state index is 14.4. The van der Waals surface area contributed by atoms with Crippen molar-refractivity contribution in [3.05, 3.63) is 106 Å². The summed E-state index contributed by atoms with van der Waals surface area (Å²) in [4.78, 5) is 49.0. The second kappa shape index (κ2) is 17.6. The van der Waals surface area contributed by atoms with Crippen LogP contribution >= 0.6 is 22.7 Å². The topological polar surface area (TPSA) is 184 Å². The first kappa shape index (κ1) is 42.2. The van der Waals surface area contributed by atoms with Gasteiger partial charge in [-0.3, -0.25) is 9.59 Å². The lowest BCUT2D eigenvalue weighted by atomic mass is 9.91. The number of benzene rings is 2. The Bertz CT molecular complexity index is 2780. The molecule has 2 amide bonds. The smallest absolute Gasteiger partial charge is 0.243 e. The number of aromatic hydroxyl groups is 1. The minimum Gasteiger partial charge on any atom is -0.507 e. The number of aryl methyl sites for hydroxylation is 2. The zero-order valence-corrected chi connectivity index (χ0v) is 37.4. The Hall–Kier alpha value is -6.10. The first-order valence-corrected chi connectivity index (χ1v) is 23.0. The lowest BCUT2D eigenvalue weighted by Crippen LogP contribution is -2.48. The summed E-state index contributed by atoms with van der Waals surface area (Å²) in [6.45, 7) is 11.5. The van der Waals surface area contributed by atoms with Gasteiger partial charge in [0.1, 0.15) is 34.0 Å². The molecule has 2 aliphatic heterocycles. The van der Waals surface area contributed by atoms with Crippen molar-refractivity contribution in [3.8, 4) is 38.8 Å². The zero-order valence-electron chi connectivity index (χ0n) is 35.7. The van der Waals surface area contributed by atoms with Crippen molar-refractivity contribution >= 4 is 50.7 Å². The fraction of sp³-hybridized carbons (Fsp3) is 0.362. The van der Waals surface area contributed by atoms with E-state index in [2.05, 4.69) is 42.5 Å². The number of likely N-dealkylation sites (tertiary alicyclic amines) is 1. The molecule has 16 heteroatoms. The fourth-order valence-electron chi connectivity index (χ4n) is 8.91. The predicted octanol–water partition coefficient (Wildman–Crippen LogP) is 8.21. The Morgan fingerprint density at radius 2 is 1.71 bits per heavy atom. The lowest BCUT2D eigenvalue weighted by Gasteiger charge is -2.32. The van der Waals surface area contributed by atoms with E-state index >= 15 is 0 Å². The molecule has 0 unspecified atom stereocenters. The number of phenolic OH excluding ortho intramolecular Hbond substituents is 1. The van der Waals surface area contributed by atoms with Crippen molar-refractivity contribution in [1.82, 2.24) is 40.5 Å². The number of aliphatic hydroxyl groups excluding tert-OH is 1. The number of aliphatic hydroxyl groups is 1. The average molecular weight is 884 g/mol. The number of nitrogens with zero attached hydrogens (tertiary/aromatic N) is 8. The van der Waals surface area contributed by atoms with Gasteiger partial charge in [-0.1, -0.05) is 55.4 Å². The molecule has 14 nitrogen and oxygen atoms in total. The highest BCUT2D eigenvalue weighted by Crippen LogP contribution is 2.41. The average Bonchev–Trinajstić information content (AvgIpc) is 4.11. The van der Waals surface area contributed by atoms with Gasteiger partial charge in [0, 0.05) is 54.1 Å². The third-order valence-electron chi connectivity index (χ3n) is 12.4. The van der Waals surface area contributed by atoms with Crippen LogP contribution in [0.15, 0.2) is 83.0 Å². The number of aromatic nitrogens is 6. The number of nitrogens with one attached hydrogen (secondary N) is 1. The van der Waals surface area contributed by atoms with Crippen molar-refractivity contribution < 1.29 is 24.3 Å². The molecule has 0 aliphatic carbocycles. The highest BCUT2D eigenvalue weighted by Gasteiger charge is 2.43. The van der Waals surface area contributed by atoms with Crippen LogP contribution in [0, 0.1) is 19.8 Å². The fourth-order valence-corrected chi connectivity index (χ4v) is 11.0. The van der Waals surface area contributed by atoms with Crippen LogP contribution in [-0.4, -0.2) is 89.0 Å². The molecule has 0 spiro atoms. The highest BCUT2D eigenvalue weighted by atomic mass is 32.1. The van der Waals surface area contributed by atoms with Gasteiger partial charge >= 0.3 is 0 Å². The number of para-hydroxylation sites is 1. The number of thiophene rings is 1. The van der Waals surface area contributed by atoms with E-state index < -0.39 is 18.1 Å². The molecule has 3 N–H and O–H groups in total. The maximum atomic E-state index is 14.4. The van der Waals surface area contributed by atoms with Crippen LogP contribution in [0.1, 0.15) is 85.4 Å². The Morgan fingerprint density at radius 1 is 0.937 bits per heavy atom. The quantitative estimate of drug-likeness (QED) is 0.113. The number of piperidine rings is 1. The summed E-state index contributed by atoms with van der Waals surface area (Å²) in [7, 11) is 0. The number of phenols is 1. The van der Waals surface area contributed by atoms with Crippen molar-refractivity contribution in [1.29, 1.82) is 0 Å². The largest absolute Gasteiger partial charge is 0.507 e. The molecular formula is C47H49N9O5S2. The van der Waals surface area contributed by atoms with Crippen LogP contribution in [-0.2, 0) is 9.59 Å². The summed E-state index contributed by atoms with van der Waals surface area (Å²) in [6.07, 6.45) is 2.85. The molecule has 2 fully saturated rings. The molecule has 2 aromatic carbocycles. The van der Waals surface area contributed by atoms with E-state index in [-0.39, 0.29) is 42.5 Å². The van der Waals surface area contributed by atoms with Crippen molar-refractivity contribution in [2.75, 3.05) is 24.5 Å². The van der Waals surface area contributed by atoms with Crippen molar-refractivity contribution in [2.45, 2.75) is 83.9 Å². The molecule has 2 saturated heterocycles. The molecular weight excluding hydrogens is 835 g/mol.